The molecular weight excluding hydrogens is 222 g/mol. The van der Waals surface area contributed by atoms with E-state index in [4.69, 9.17) is 0 Å². The molecule has 2 N–H and O–H groups in total. The van der Waals surface area contributed by atoms with Gasteiger partial charge in [-0.1, -0.05) is 0 Å². The summed E-state index contributed by atoms with van der Waals surface area (Å²) in [6, 6.07) is 4.11. The number of rotatable bonds is 2. The minimum Gasteiger partial charge on any atom is -0.376 e. The molecule has 1 atom stereocenters. The minimum atomic E-state index is -0.482. The SMILES string of the molecule is CC1(C)Nc2cc([N+](=O)[O-])ccc2NC1C=O. The Morgan fingerprint density at radius 2 is 2.12 bits per heavy atom. The number of non-ortho nitro benzene ring substituents is 1. The fourth-order valence-electron chi connectivity index (χ4n) is 1.85. The zero-order chi connectivity index (χ0) is 12.6. The van der Waals surface area contributed by atoms with Crippen LogP contribution in [0.5, 0.6) is 0 Å². The highest BCUT2D eigenvalue weighted by Gasteiger charge is 2.34. The lowest BCUT2D eigenvalue weighted by Crippen LogP contribution is -2.52. The molecule has 1 aromatic carbocycles. The van der Waals surface area contributed by atoms with Crippen LogP contribution >= 0.6 is 0 Å². The Morgan fingerprint density at radius 3 is 2.71 bits per heavy atom. The average Bonchev–Trinajstić information content (AvgIpc) is 2.25. The molecule has 17 heavy (non-hydrogen) atoms. The topological polar surface area (TPSA) is 84.3 Å². The van der Waals surface area contributed by atoms with E-state index in [2.05, 4.69) is 10.6 Å². The van der Waals surface area contributed by atoms with Crippen molar-refractivity contribution in [3.63, 3.8) is 0 Å². The summed E-state index contributed by atoms with van der Waals surface area (Å²) in [5.41, 5.74) is 0.886. The molecule has 1 aliphatic heterocycles. The quantitative estimate of drug-likeness (QED) is 0.463. The molecule has 0 saturated heterocycles. The molecule has 0 aliphatic carbocycles. The zero-order valence-corrected chi connectivity index (χ0v) is 9.56. The van der Waals surface area contributed by atoms with E-state index in [9.17, 15) is 14.9 Å². The number of carbonyl (C=O) groups excluding carboxylic acids is 1. The first-order valence-corrected chi connectivity index (χ1v) is 5.22. The zero-order valence-electron chi connectivity index (χ0n) is 9.56. The van der Waals surface area contributed by atoms with Gasteiger partial charge in [0.25, 0.3) is 5.69 Å². The van der Waals surface area contributed by atoms with Gasteiger partial charge in [0.15, 0.2) is 0 Å². The summed E-state index contributed by atoms with van der Waals surface area (Å²) in [4.78, 5) is 21.2. The van der Waals surface area contributed by atoms with Crippen molar-refractivity contribution >= 4 is 23.3 Å². The number of hydrogen-bond donors (Lipinski definition) is 2. The van der Waals surface area contributed by atoms with E-state index in [0.29, 0.717) is 11.4 Å². The number of fused-ring (bicyclic) bond motifs is 1. The first-order valence-electron chi connectivity index (χ1n) is 5.22. The maximum Gasteiger partial charge on any atom is 0.271 e. The Labute approximate surface area is 98.2 Å². The van der Waals surface area contributed by atoms with Gasteiger partial charge in [0.2, 0.25) is 0 Å². The molecule has 0 amide bonds. The molecule has 1 aromatic rings. The summed E-state index contributed by atoms with van der Waals surface area (Å²) in [5.74, 6) is 0. The van der Waals surface area contributed by atoms with Gasteiger partial charge >= 0.3 is 0 Å². The van der Waals surface area contributed by atoms with Gasteiger partial charge in [-0.2, -0.15) is 0 Å². The Balaban J connectivity index is 2.42. The van der Waals surface area contributed by atoms with Crippen LogP contribution in [-0.2, 0) is 4.79 Å². The number of carbonyl (C=O) groups is 1. The van der Waals surface area contributed by atoms with Crippen molar-refractivity contribution in [3.8, 4) is 0 Å². The van der Waals surface area contributed by atoms with Crippen molar-refractivity contribution in [1.29, 1.82) is 0 Å². The van der Waals surface area contributed by atoms with Crippen molar-refractivity contribution in [3.05, 3.63) is 28.3 Å². The molecule has 90 valence electrons. The molecule has 0 saturated carbocycles. The highest BCUT2D eigenvalue weighted by atomic mass is 16.6. The molecule has 0 radical (unpaired) electrons. The van der Waals surface area contributed by atoms with Gasteiger partial charge in [-0.05, 0) is 19.9 Å². The van der Waals surface area contributed by atoms with Gasteiger partial charge in [-0.25, -0.2) is 0 Å². The van der Waals surface area contributed by atoms with Crippen molar-refractivity contribution < 1.29 is 9.72 Å². The fourth-order valence-corrected chi connectivity index (χ4v) is 1.85. The van der Waals surface area contributed by atoms with Crippen molar-refractivity contribution in [2.24, 2.45) is 0 Å². The highest BCUT2D eigenvalue weighted by molar-refractivity contribution is 5.81. The number of benzene rings is 1. The van der Waals surface area contributed by atoms with Crippen LogP contribution in [0, 0.1) is 10.1 Å². The van der Waals surface area contributed by atoms with Crippen LogP contribution in [0.2, 0.25) is 0 Å². The van der Waals surface area contributed by atoms with Gasteiger partial charge in [-0.3, -0.25) is 10.1 Å². The minimum absolute atomic E-state index is 0.0263. The third-order valence-electron chi connectivity index (χ3n) is 2.90. The predicted molar refractivity (Wildman–Crippen MR) is 64.3 cm³/mol. The third kappa shape index (κ3) is 1.93. The van der Waals surface area contributed by atoms with Crippen LogP contribution in [-0.4, -0.2) is 22.8 Å². The molecule has 1 aliphatic rings. The monoisotopic (exact) mass is 235 g/mol. The lowest BCUT2D eigenvalue weighted by molar-refractivity contribution is -0.384. The van der Waals surface area contributed by atoms with E-state index in [1.54, 1.807) is 6.07 Å². The molecule has 0 bridgehead atoms. The summed E-state index contributed by atoms with van der Waals surface area (Å²) >= 11 is 0. The summed E-state index contributed by atoms with van der Waals surface area (Å²) in [7, 11) is 0. The van der Waals surface area contributed by atoms with Crippen LogP contribution in [0.3, 0.4) is 0 Å². The molecular formula is C11H13N3O3. The Hall–Kier alpha value is -2.11. The van der Waals surface area contributed by atoms with Crippen LogP contribution in [0.1, 0.15) is 13.8 Å². The Kier molecular flexibility index (Phi) is 2.49. The first kappa shape index (κ1) is 11.4. The molecule has 6 heteroatoms. The number of anilines is 2. The standard InChI is InChI=1S/C11H13N3O3/c1-11(2)10(6-15)12-8-4-3-7(14(16)17)5-9(8)13-11/h3-6,10,12-13H,1-2H3. The normalized spacial score (nSPS) is 20.7. The van der Waals surface area contributed by atoms with Gasteiger partial charge in [0.05, 0.1) is 21.8 Å². The molecule has 1 unspecified atom stereocenters. The predicted octanol–water partition coefficient (Wildman–Crippen LogP) is 1.78. The lowest BCUT2D eigenvalue weighted by Gasteiger charge is -2.39. The number of hydrogen-bond acceptors (Lipinski definition) is 5. The number of nitro benzene ring substituents is 1. The number of nitro groups is 1. The largest absolute Gasteiger partial charge is 0.376 e. The van der Waals surface area contributed by atoms with Crippen LogP contribution in [0.4, 0.5) is 17.1 Å². The average molecular weight is 235 g/mol. The highest BCUT2D eigenvalue weighted by Crippen LogP contribution is 2.35. The summed E-state index contributed by atoms with van der Waals surface area (Å²) < 4.78 is 0. The van der Waals surface area contributed by atoms with E-state index < -0.39 is 10.5 Å². The molecule has 6 nitrogen and oxygen atoms in total. The number of nitrogens with one attached hydrogen (secondary N) is 2. The molecule has 0 fully saturated rings. The number of aldehydes is 1. The van der Waals surface area contributed by atoms with Gasteiger partial charge < -0.3 is 15.4 Å². The third-order valence-corrected chi connectivity index (χ3v) is 2.90. The van der Waals surface area contributed by atoms with Crippen LogP contribution in [0.15, 0.2) is 18.2 Å². The summed E-state index contributed by atoms with van der Waals surface area (Å²) in [6.07, 6.45) is 0.831. The maximum atomic E-state index is 10.9. The van der Waals surface area contributed by atoms with Gasteiger partial charge in [0.1, 0.15) is 12.3 Å². The molecule has 0 aromatic heterocycles. The molecule has 2 rings (SSSR count). The molecule has 1 heterocycles. The van der Waals surface area contributed by atoms with E-state index in [1.165, 1.54) is 12.1 Å². The Bertz CT molecular complexity index is 485. The maximum absolute atomic E-state index is 10.9. The van der Waals surface area contributed by atoms with Gasteiger partial charge in [-0.15, -0.1) is 0 Å². The van der Waals surface area contributed by atoms with E-state index in [1.807, 2.05) is 13.8 Å². The van der Waals surface area contributed by atoms with E-state index in [0.717, 1.165) is 6.29 Å². The van der Waals surface area contributed by atoms with E-state index in [-0.39, 0.29) is 11.7 Å². The second kappa shape index (κ2) is 3.73. The van der Waals surface area contributed by atoms with Gasteiger partial charge in [0, 0.05) is 12.1 Å². The Morgan fingerprint density at radius 1 is 1.41 bits per heavy atom. The van der Waals surface area contributed by atoms with Crippen molar-refractivity contribution in [1.82, 2.24) is 0 Å². The van der Waals surface area contributed by atoms with E-state index >= 15 is 0 Å². The van der Waals surface area contributed by atoms with Crippen LogP contribution < -0.4 is 10.6 Å². The molecule has 0 spiro atoms. The lowest BCUT2D eigenvalue weighted by atomic mass is 9.92. The first-order chi connectivity index (χ1) is 7.94. The second-order valence-electron chi connectivity index (χ2n) is 4.59. The van der Waals surface area contributed by atoms with Crippen LogP contribution in [0.25, 0.3) is 0 Å². The number of nitrogens with zero attached hydrogens (tertiary/aromatic N) is 1. The smallest absolute Gasteiger partial charge is 0.271 e. The summed E-state index contributed by atoms with van der Waals surface area (Å²) in [6.45, 7) is 3.72. The fraction of sp³-hybridized carbons (Fsp3) is 0.364. The van der Waals surface area contributed by atoms with Crippen molar-refractivity contribution in [2.75, 3.05) is 10.6 Å². The van der Waals surface area contributed by atoms with Crippen molar-refractivity contribution in [2.45, 2.75) is 25.4 Å². The second-order valence-corrected chi connectivity index (χ2v) is 4.59. The summed E-state index contributed by atoms with van der Waals surface area (Å²) in [5, 5.41) is 16.9.